The van der Waals surface area contributed by atoms with Crippen LogP contribution in [0, 0.1) is 17.8 Å². The fourth-order valence-electron chi connectivity index (χ4n) is 4.79. The molecule has 0 radical (unpaired) electrons. The summed E-state index contributed by atoms with van der Waals surface area (Å²) in [7, 11) is 0. The van der Waals surface area contributed by atoms with Crippen LogP contribution in [0.25, 0.3) is 11.1 Å². The second-order valence-electron chi connectivity index (χ2n) is 9.22. The van der Waals surface area contributed by atoms with Gasteiger partial charge in [-0.1, -0.05) is 69.3 Å². The van der Waals surface area contributed by atoms with E-state index in [-0.39, 0.29) is 30.9 Å². The summed E-state index contributed by atoms with van der Waals surface area (Å²) in [6.45, 7) is 7.50. The molecular formula is C27H34N2O5. The number of carbonyl (C=O) groups is 3. The third-order valence-electron chi connectivity index (χ3n) is 6.61. The van der Waals surface area contributed by atoms with E-state index < -0.39 is 29.9 Å². The lowest BCUT2D eigenvalue weighted by Gasteiger charge is -2.26. The largest absolute Gasteiger partial charge is 0.481 e. The van der Waals surface area contributed by atoms with Crippen molar-refractivity contribution in [3.05, 3.63) is 59.7 Å². The number of ether oxygens (including phenoxy) is 1. The molecule has 0 bridgehead atoms. The zero-order chi connectivity index (χ0) is 24.8. The van der Waals surface area contributed by atoms with Crippen LogP contribution in [0.4, 0.5) is 4.79 Å². The minimum Gasteiger partial charge on any atom is -0.481 e. The summed E-state index contributed by atoms with van der Waals surface area (Å²) < 4.78 is 5.54. The number of rotatable bonds is 10. The van der Waals surface area contributed by atoms with Crippen molar-refractivity contribution in [2.45, 2.75) is 46.1 Å². The topological polar surface area (TPSA) is 105 Å². The SMILES string of the molecule is CCC(CNC(=O)OCC1c2ccccc2-c2ccccc21)C(=O)NC(C)C(C(=O)O)C(C)C. The van der Waals surface area contributed by atoms with Gasteiger partial charge in [0.2, 0.25) is 5.91 Å². The molecule has 0 saturated heterocycles. The highest BCUT2D eigenvalue weighted by Crippen LogP contribution is 2.44. The number of alkyl carbamates (subject to hydrolysis) is 1. The minimum atomic E-state index is -0.937. The predicted octanol–water partition coefficient (Wildman–Crippen LogP) is 4.41. The normalized spacial score (nSPS) is 15.1. The number of aliphatic carboxylic acids is 1. The third-order valence-corrected chi connectivity index (χ3v) is 6.61. The molecule has 7 heteroatoms. The molecule has 7 nitrogen and oxygen atoms in total. The summed E-state index contributed by atoms with van der Waals surface area (Å²) in [5.41, 5.74) is 4.58. The monoisotopic (exact) mass is 466 g/mol. The van der Waals surface area contributed by atoms with Crippen molar-refractivity contribution in [1.82, 2.24) is 10.6 Å². The predicted molar refractivity (Wildman–Crippen MR) is 130 cm³/mol. The lowest BCUT2D eigenvalue weighted by Crippen LogP contribution is -2.47. The number of hydrogen-bond acceptors (Lipinski definition) is 4. The van der Waals surface area contributed by atoms with Gasteiger partial charge >= 0.3 is 12.1 Å². The Bertz CT molecular complexity index is 990. The molecule has 1 aliphatic carbocycles. The Morgan fingerprint density at radius 1 is 0.971 bits per heavy atom. The summed E-state index contributed by atoms with van der Waals surface area (Å²) in [5, 5.41) is 14.9. The van der Waals surface area contributed by atoms with Gasteiger partial charge in [-0.3, -0.25) is 9.59 Å². The molecule has 2 aromatic rings. The van der Waals surface area contributed by atoms with E-state index in [4.69, 9.17) is 4.74 Å². The first-order valence-electron chi connectivity index (χ1n) is 11.9. The average Bonchev–Trinajstić information content (AvgIpc) is 3.11. The minimum absolute atomic E-state index is 0.0340. The van der Waals surface area contributed by atoms with Crippen LogP contribution in [0.2, 0.25) is 0 Å². The smallest absolute Gasteiger partial charge is 0.407 e. The first-order chi connectivity index (χ1) is 16.2. The van der Waals surface area contributed by atoms with Gasteiger partial charge in [0.25, 0.3) is 0 Å². The molecule has 3 atom stereocenters. The maximum Gasteiger partial charge on any atom is 0.407 e. The van der Waals surface area contributed by atoms with Crippen LogP contribution >= 0.6 is 0 Å². The van der Waals surface area contributed by atoms with E-state index in [0.29, 0.717) is 6.42 Å². The summed E-state index contributed by atoms with van der Waals surface area (Å²) in [6.07, 6.45) is -0.0755. The van der Waals surface area contributed by atoms with Crippen LogP contribution in [0.1, 0.15) is 51.2 Å². The van der Waals surface area contributed by atoms with Crippen molar-refractivity contribution in [1.29, 1.82) is 0 Å². The second kappa shape index (κ2) is 11.2. The Morgan fingerprint density at radius 2 is 1.53 bits per heavy atom. The van der Waals surface area contributed by atoms with Crippen LogP contribution in [0.3, 0.4) is 0 Å². The molecule has 0 saturated carbocycles. The molecule has 2 aromatic carbocycles. The van der Waals surface area contributed by atoms with Gasteiger partial charge in [0.1, 0.15) is 6.61 Å². The molecule has 2 amide bonds. The summed E-state index contributed by atoms with van der Waals surface area (Å²) in [4.78, 5) is 36.7. The Balaban J connectivity index is 1.54. The van der Waals surface area contributed by atoms with E-state index in [9.17, 15) is 19.5 Å². The maximum atomic E-state index is 12.7. The van der Waals surface area contributed by atoms with Gasteiger partial charge in [-0.25, -0.2) is 4.79 Å². The number of amides is 2. The van der Waals surface area contributed by atoms with Crippen LogP contribution in [0.15, 0.2) is 48.5 Å². The molecular weight excluding hydrogens is 432 g/mol. The lowest BCUT2D eigenvalue weighted by atomic mass is 9.89. The first-order valence-corrected chi connectivity index (χ1v) is 11.9. The van der Waals surface area contributed by atoms with Crippen LogP contribution < -0.4 is 10.6 Å². The van der Waals surface area contributed by atoms with Gasteiger partial charge < -0.3 is 20.5 Å². The van der Waals surface area contributed by atoms with Gasteiger partial charge in [0.05, 0.1) is 11.8 Å². The highest BCUT2D eigenvalue weighted by Gasteiger charge is 2.31. The highest BCUT2D eigenvalue weighted by molar-refractivity contribution is 5.81. The molecule has 0 heterocycles. The van der Waals surface area contributed by atoms with E-state index in [0.717, 1.165) is 22.3 Å². The molecule has 34 heavy (non-hydrogen) atoms. The van der Waals surface area contributed by atoms with Crippen molar-refractivity contribution in [3.63, 3.8) is 0 Å². The standard InChI is InChI=1S/C27H34N2O5/c1-5-18(25(30)29-17(4)24(16(2)3)26(31)32)14-28-27(33)34-15-23-21-12-8-6-10-19(21)20-11-7-9-13-22(20)23/h6-13,16-18,23-24H,5,14-15H2,1-4H3,(H,28,33)(H,29,30)(H,31,32). The third kappa shape index (κ3) is 5.58. The molecule has 0 spiro atoms. The zero-order valence-electron chi connectivity index (χ0n) is 20.2. The van der Waals surface area contributed by atoms with Crippen molar-refractivity contribution in [3.8, 4) is 11.1 Å². The number of hydrogen-bond donors (Lipinski definition) is 3. The number of benzene rings is 2. The lowest BCUT2D eigenvalue weighted by molar-refractivity contribution is -0.144. The van der Waals surface area contributed by atoms with Crippen molar-refractivity contribution in [2.24, 2.45) is 17.8 Å². The Labute approximate surface area is 200 Å². The van der Waals surface area contributed by atoms with E-state index in [2.05, 4.69) is 34.9 Å². The quantitative estimate of drug-likeness (QED) is 0.481. The number of carboxylic acids is 1. The van der Waals surface area contributed by atoms with E-state index >= 15 is 0 Å². The Kier molecular flexibility index (Phi) is 8.31. The molecule has 0 aromatic heterocycles. The van der Waals surface area contributed by atoms with E-state index in [1.807, 2.05) is 45.0 Å². The molecule has 0 fully saturated rings. The number of nitrogens with one attached hydrogen (secondary N) is 2. The summed E-state index contributed by atoms with van der Waals surface area (Å²) in [6, 6.07) is 15.7. The number of fused-ring (bicyclic) bond motifs is 3. The molecule has 3 unspecified atom stereocenters. The second-order valence-corrected chi connectivity index (χ2v) is 9.22. The van der Waals surface area contributed by atoms with Crippen LogP contribution in [-0.2, 0) is 14.3 Å². The fraction of sp³-hybridized carbons (Fsp3) is 0.444. The van der Waals surface area contributed by atoms with Crippen LogP contribution in [0.5, 0.6) is 0 Å². The molecule has 0 aliphatic heterocycles. The Hall–Kier alpha value is -3.35. The van der Waals surface area contributed by atoms with Crippen molar-refractivity contribution < 1.29 is 24.2 Å². The molecule has 182 valence electrons. The van der Waals surface area contributed by atoms with Gasteiger partial charge in [-0.2, -0.15) is 0 Å². The van der Waals surface area contributed by atoms with Gasteiger partial charge in [0.15, 0.2) is 0 Å². The molecule has 3 rings (SSSR count). The van der Waals surface area contributed by atoms with Gasteiger partial charge in [-0.05, 0) is 41.5 Å². The molecule has 1 aliphatic rings. The summed E-state index contributed by atoms with van der Waals surface area (Å²) in [5.74, 6) is -2.53. The maximum absolute atomic E-state index is 12.7. The van der Waals surface area contributed by atoms with Crippen molar-refractivity contribution >= 4 is 18.0 Å². The molecule has 3 N–H and O–H groups in total. The van der Waals surface area contributed by atoms with Crippen molar-refractivity contribution in [2.75, 3.05) is 13.2 Å². The first kappa shape index (κ1) is 25.3. The van der Waals surface area contributed by atoms with Gasteiger partial charge in [-0.15, -0.1) is 0 Å². The highest BCUT2D eigenvalue weighted by atomic mass is 16.5. The number of carbonyl (C=O) groups excluding carboxylic acids is 2. The zero-order valence-corrected chi connectivity index (χ0v) is 20.2. The summed E-state index contributed by atoms with van der Waals surface area (Å²) >= 11 is 0. The van der Waals surface area contributed by atoms with Gasteiger partial charge in [0, 0.05) is 18.5 Å². The number of carboxylic acid groups (broad SMARTS) is 1. The fourth-order valence-corrected chi connectivity index (χ4v) is 4.79. The van der Waals surface area contributed by atoms with E-state index in [1.54, 1.807) is 6.92 Å². The van der Waals surface area contributed by atoms with E-state index in [1.165, 1.54) is 0 Å². The Morgan fingerprint density at radius 3 is 2.03 bits per heavy atom. The van der Waals surface area contributed by atoms with Crippen LogP contribution in [-0.4, -0.2) is 42.3 Å². The average molecular weight is 467 g/mol.